The number of nitrogens with one attached hydrogen (secondary N) is 3. The Balaban J connectivity index is 1.26. The number of hydrazine groups is 1. The molecule has 2 saturated heterocycles. The van der Waals surface area contributed by atoms with E-state index < -0.39 is 71.3 Å². The van der Waals surface area contributed by atoms with Crippen LogP contribution in [0.15, 0.2) is 54.9 Å². The first kappa shape index (κ1) is 49.5. The van der Waals surface area contributed by atoms with Crippen LogP contribution in [-0.2, 0) is 64.3 Å². The smallest absolute Gasteiger partial charge is 0.326 e. The maximum Gasteiger partial charge on any atom is 0.326 e. The number of benzene rings is 2. The number of phenols is 1. The number of aromatic nitrogens is 2. The number of phenolic OH excluding ortho intramolecular Hbond substituents is 1. The van der Waals surface area contributed by atoms with Gasteiger partial charge in [0.2, 0.25) is 22.6 Å². The number of carbonyl (C=O) groups excluding carboxylic acids is 5. The fraction of sp³-hybridized carbons (Fsp3) is 0.510. The van der Waals surface area contributed by atoms with Gasteiger partial charge in [-0.25, -0.2) is 4.84 Å². The Labute approximate surface area is 395 Å². The summed E-state index contributed by atoms with van der Waals surface area (Å²) in [6.45, 7) is 10.6. The monoisotopic (exact) mass is 938 g/mol. The first-order chi connectivity index (χ1) is 32.4. The Morgan fingerprint density at radius 1 is 1.07 bits per heavy atom. The number of fused-ring (bicyclic) bond motifs is 6. The number of methoxy groups -OCH3 is 2. The minimum Gasteiger partial charge on any atom is -0.508 e. The van der Waals surface area contributed by atoms with Gasteiger partial charge in [-0.3, -0.25) is 39.3 Å². The largest absolute Gasteiger partial charge is 0.508 e. The molecule has 0 radical (unpaired) electrons. The van der Waals surface area contributed by atoms with Crippen molar-refractivity contribution in [2.24, 2.45) is 11.3 Å². The molecule has 68 heavy (non-hydrogen) atoms. The molecule has 2 aromatic carbocycles. The number of carbonyl (C=O) groups is 5. The molecule has 19 nitrogen and oxygen atoms in total. The predicted octanol–water partition coefficient (Wildman–Crippen LogP) is 3.47. The van der Waals surface area contributed by atoms with Crippen molar-refractivity contribution < 1.29 is 48.3 Å². The van der Waals surface area contributed by atoms with E-state index in [9.17, 15) is 34.0 Å². The van der Waals surface area contributed by atoms with Crippen LogP contribution in [0.25, 0.3) is 33.3 Å². The zero-order valence-electron chi connectivity index (χ0n) is 40.3. The molecule has 2 aromatic heterocycles. The van der Waals surface area contributed by atoms with E-state index in [4.69, 9.17) is 14.3 Å². The summed E-state index contributed by atoms with van der Waals surface area (Å²) in [6.07, 6.45) is 3.96. The van der Waals surface area contributed by atoms with Gasteiger partial charge in [0.25, 0.3) is 5.91 Å². The molecule has 0 spiro atoms. The van der Waals surface area contributed by atoms with Gasteiger partial charge >= 0.3 is 12.1 Å². The van der Waals surface area contributed by atoms with Crippen LogP contribution in [0, 0.1) is 16.2 Å². The summed E-state index contributed by atoms with van der Waals surface area (Å²) < 4.78 is 12.6. The van der Waals surface area contributed by atoms with Crippen LogP contribution < -0.4 is 16.1 Å². The molecule has 19 heteroatoms. The van der Waals surface area contributed by atoms with E-state index in [2.05, 4.69) is 44.7 Å². The molecule has 5 atom stereocenters. The molecular weight excluding hydrogens is 875 g/mol. The second-order valence-corrected chi connectivity index (χ2v) is 19.1. The summed E-state index contributed by atoms with van der Waals surface area (Å²) >= 11 is 0. The quantitative estimate of drug-likeness (QED) is 0.118. The van der Waals surface area contributed by atoms with Crippen molar-refractivity contribution >= 4 is 40.5 Å². The molecule has 4 amide bonds. The summed E-state index contributed by atoms with van der Waals surface area (Å²) in [7, 11) is 5.77. The number of rotatable bonds is 12. The second-order valence-electron chi connectivity index (χ2n) is 19.1. The minimum absolute atomic E-state index is 0.0454. The van der Waals surface area contributed by atoms with Crippen LogP contribution in [0.4, 0.5) is 0 Å². The molecule has 6 bridgehead atoms. The van der Waals surface area contributed by atoms with E-state index in [-0.39, 0.29) is 31.9 Å². The van der Waals surface area contributed by atoms with Gasteiger partial charge in [0.1, 0.15) is 29.9 Å². The van der Waals surface area contributed by atoms with E-state index in [0.717, 1.165) is 38.9 Å². The van der Waals surface area contributed by atoms with Gasteiger partial charge in [0.05, 0.1) is 30.9 Å². The van der Waals surface area contributed by atoms with Crippen LogP contribution >= 0.6 is 0 Å². The topological polar surface area (TPSA) is 227 Å². The molecule has 3 aliphatic rings. The molecule has 0 aliphatic carbocycles. The Morgan fingerprint density at radius 3 is 2.54 bits per heavy atom. The lowest BCUT2D eigenvalue weighted by Crippen LogP contribution is -2.62. The molecule has 3 aliphatic heterocycles. The van der Waals surface area contributed by atoms with E-state index in [1.165, 1.54) is 36.0 Å². The Kier molecular flexibility index (Phi) is 14.9. The van der Waals surface area contributed by atoms with Gasteiger partial charge in [0, 0.05) is 81.4 Å². The predicted molar refractivity (Wildman–Crippen MR) is 251 cm³/mol. The molecule has 5 heterocycles. The van der Waals surface area contributed by atoms with Crippen LogP contribution in [-0.4, -0.2) is 142 Å². The van der Waals surface area contributed by atoms with Crippen molar-refractivity contribution in [2.45, 2.75) is 104 Å². The zero-order chi connectivity index (χ0) is 49.2. The van der Waals surface area contributed by atoms with Crippen LogP contribution in [0.1, 0.15) is 64.2 Å². The maximum atomic E-state index is 14.7. The molecule has 2 fully saturated rings. The normalized spacial score (nSPS) is 20.8. The van der Waals surface area contributed by atoms with E-state index in [1.54, 1.807) is 39.3 Å². The Hall–Kier alpha value is -6.44. The second kappa shape index (κ2) is 20.4. The lowest BCUT2D eigenvalue weighted by atomic mass is 9.84. The summed E-state index contributed by atoms with van der Waals surface area (Å²) in [6, 6.07) is 9.27. The van der Waals surface area contributed by atoms with Crippen LogP contribution in [0.5, 0.6) is 5.75 Å². The van der Waals surface area contributed by atoms with E-state index in [0.29, 0.717) is 48.5 Å². The number of nitrogens with zero attached hydrogens (tertiary/aromatic N) is 6. The van der Waals surface area contributed by atoms with Crippen molar-refractivity contribution in [1.82, 2.24) is 40.4 Å². The zero-order valence-corrected chi connectivity index (χ0v) is 40.3. The molecule has 0 unspecified atom stereocenters. The van der Waals surface area contributed by atoms with Crippen molar-refractivity contribution in [1.29, 1.82) is 0 Å². The maximum absolute atomic E-state index is 14.7. The van der Waals surface area contributed by atoms with Gasteiger partial charge < -0.3 is 34.3 Å². The van der Waals surface area contributed by atoms with Crippen LogP contribution in [0.3, 0.4) is 0 Å². The van der Waals surface area contributed by atoms with Gasteiger partial charge in [-0.2, -0.15) is 5.43 Å². The van der Waals surface area contributed by atoms with E-state index in [1.807, 2.05) is 38.2 Å². The lowest BCUT2D eigenvalue weighted by Gasteiger charge is -2.35. The number of aromatic hydroxyl groups is 1. The molecule has 7 rings (SSSR count). The first-order valence-corrected chi connectivity index (χ1v) is 23.1. The highest BCUT2D eigenvalue weighted by atomic mass is 16.8. The SMILES string of the molecule is CCn1c(-c2cnccc2COC)c2c3cc(ccc31)-c1cc(O)cc(c1)C[C@H](NC(=O)[C@H](C(C)C)N(C)C(=O)CN(C)C(=O)[C@@H]1N[C@H]1C(=O)OC)C(=O)N1CCC[C@H](N1)[N+](=O)OCC(C)(C)C2. The van der Waals surface area contributed by atoms with Gasteiger partial charge in [-0.15, -0.1) is 0 Å². The Morgan fingerprint density at radius 2 is 1.84 bits per heavy atom. The molecule has 4 N–H and O–H groups in total. The summed E-state index contributed by atoms with van der Waals surface area (Å²) in [4.78, 5) is 95.1. The number of pyridine rings is 1. The number of esters is 1. The minimum atomic E-state index is -1.23. The fourth-order valence-electron chi connectivity index (χ4n) is 9.51. The average molecular weight is 939 g/mol. The van der Waals surface area contributed by atoms with E-state index >= 15 is 0 Å². The van der Waals surface area contributed by atoms with Crippen LogP contribution in [0.2, 0.25) is 0 Å². The lowest BCUT2D eigenvalue weighted by molar-refractivity contribution is -0.835. The summed E-state index contributed by atoms with van der Waals surface area (Å²) in [5.74, 6) is -3.26. The van der Waals surface area contributed by atoms with Gasteiger partial charge in [-0.05, 0) is 83.8 Å². The number of likely N-dealkylation sites (N-methyl/N-ethyl adjacent to an activating group) is 2. The van der Waals surface area contributed by atoms with Crippen molar-refractivity contribution in [2.75, 3.05) is 48.0 Å². The number of aryl methyl sites for hydroxylation is 1. The van der Waals surface area contributed by atoms with Crippen molar-refractivity contribution in [3.8, 4) is 28.1 Å². The molecule has 0 saturated carbocycles. The highest BCUT2D eigenvalue weighted by molar-refractivity contribution is 5.98. The summed E-state index contributed by atoms with van der Waals surface area (Å²) in [5.41, 5.74) is 9.39. The third-order valence-electron chi connectivity index (χ3n) is 13.0. The first-order valence-electron chi connectivity index (χ1n) is 23.1. The summed E-state index contributed by atoms with van der Waals surface area (Å²) in [5, 5.41) is 19.3. The van der Waals surface area contributed by atoms with Crippen molar-refractivity contribution in [3.05, 3.63) is 76.5 Å². The number of hydrogen-bond acceptors (Lipinski definition) is 13. The number of hydrogen-bond donors (Lipinski definition) is 4. The molecule has 364 valence electrons. The fourth-order valence-corrected chi connectivity index (χ4v) is 9.51. The number of ether oxygens (including phenoxy) is 2. The highest BCUT2D eigenvalue weighted by Gasteiger charge is 2.50. The molecule has 4 aromatic rings. The standard InChI is InChI=1S/C49H63N9O10/c1-10-56-38-14-13-30-22-34(38)35(44(56)36-24-50-16-15-31(36)26-66-8)23-49(4,5)27-68-58(65)39-12-11-17-57(53-39)46(62)37(20-29-18-32(30)21-33(59)19-29)51-45(61)43(28(2)3)55(7)40(60)25-54(6)47(63)41-42(52-41)48(64)67-9/h13-16,18-19,21-22,24,28,37,39,41-43,52-53H,10-12,17,20,23,25-27H2,1-9H3,(H-,51,59,61)/p+1/t37-,39+,41+,42+,43-/m0/s1. The third-order valence-corrected chi connectivity index (χ3v) is 13.0. The average Bonchev–Trinajstić information content (AvgIpc) is 4.06. The van der Waals surface area contributed by atoms with Gasteiger partial charge in [-0.1, -0.05) is 39.8 Å². The molecular formula is C49H64N9O10+. The van der Waals surface area contributed by atoms with Crippen molar-refractivity contribution in [3.63, 3.8) is 0 Å². The third kappa shape index (κ3) is 10.5. The van der Waals surface area contributed by atoms with Gasteiger partial charge in [0.15, 0.2) is 6.61 Å². The highest BCUT2D eigenvalue weighted by Crippen LogP contribution is 2.41. The number of amides is 4. The Bertz CT molecular complexity index is 2590.